The van der Waals surface area contributed by atoms with Crippen LogP contribution in [0, 0.1) is 17.6 Å². The number of nitrogens with one attached hydrogen (secondary N) is 1. The molecule has 4 aromatic rings. The molecule has 220 valence electrons. The number of halogens is 4. The van der Waals surface area contributed by atoms with Gasteiger partial charge in [0.2, 0.25) is 0 Å². The largest absolute Gasteiger partial charge is 0.494 e. The van der Waals surface area contributed by atoms with Gasteiger partial charge >= 0.3 is 0 Å². The van der Waals surface area contributed by atoms with Crippen LogP contribution in [0.5, 0.6) is 5.75 Å². The summed E-state index contributed by atoms with van der Waals surface area (Å²) in [6.07, 6.45) is -0.485. The lowest BCUT2D eigenvalue weighted by molar-refractivity contribution is 0.00864. The normalized spacial score (nSPS) is 15.1. The fraction of sp³-hybridized carbons (Fsp3) is 0.323. The Labute approximate surface area is 239 Å². The van der Waals surface area contributed by atoms with Crippen molar-refractivity contribution in [3.05, 3.63) is 88.7 Å². The van der Waals surface area contributed by atoms with Crippen molar-refractivity contribution < 1.29 is 37.3 Å². The lowest BCUT2D eigenvalue weighted by Crippen LogP contribution is -2.43. The van der Waals surface area contributed by atoms with Crippen LogP contribution in [0.3, 0.4) is 0 Å². The number of aliphatic hydroxyl groups is 2. The van der Waals surface area contributed by atoms with E-state index in [-0.39, 0.29) is 57.2 Å². The zero-order valence-electron chi connectivity index (χ0n) is 23.1. The second-order valence-electron chi connectivity index (χ2n) is 11.0. The number of methoxy groups -OCH3 is 1. The van der Waals surface area contributed by atoms with E-state index in [0.717, 1.165) is 18.3 Å². The minimum absolute atomic E-state index is 0.0324. The molecule has 1 aliphatic carbocycles. The molecule has 1 aliphatic rings. The van der Waals surface area contributed by atoms with Crippen LogP contribution in [0.2, 0.25) is 0 Å². The average molecular weight is 584 g/mol. The molecule has 1 atom stereocenters. The molecular formula is C31H29F4N3O4. The van der Waals surface area contributed by atoms with Gasteiger partial charge < -0.3 is 20.3 Å². The Morgan fingerprint density at radius 2 is 1.79 bits per heavy atom. The summed E-state index contributed by atoms with van der Waals surface area (Å²) in [5.74, 6) is -2.09. The Morgan fingerprint density at radius 3 is 2.38 bits per heavy atom. The standard InChI is InChI=1S/C31H29F4N3O4/c1-30(2,40)22-13-24(38-27(25(22)33)16-4-8-21(32)9-5-16)31(41,20-6-7-20)15-37-29(39)18-10-17-11-19(28(34)35)14-36-26(17)23(12-18)42-3/h4-5,8-14,20,28,40-41H,6-7,15H2,1-3H3,(H,37,39)/t31-/m1/s1. The van der Waals surface area contributed by atoms with Crippen LogP contribution >= 0.6 is 0 Å². The molecule has 1 saturated carbocycles. The van der Waals surface area contributed by atoms with Gasteiger partial charge in [-0.1, -0.05) is 0 Å². The van der Waals surface area contributed by atoms with Gasteiger partial charge in [0.05, 0.1) is 24.9 Å². The lowest BCUT2D eigenvalue weighted by atomic mass is 9.87. The molecule has 42 heavy (non-hydrogen) atoms. The summed E-state index contributed by atoms with van der Waals surface area (Å²) >= 11 is 0. The van der Waals surface area contributed by atoms with E-state index in [0.29, 0.717) is 18.4 Å². The molecule has 0 aliphatic heterocycles. The van der Waals surface area contributed by atoms with Gasteiger partial charge in [0, 0.05) is 33.8 Å². The van der Waals surface area contributed by atoms with Crippen molar-refractivity contribution in [3.8, 4) is 17.0 Å². The van der Waals surface area contributed by atoms with Gasteiger partial charge in [-0.2, -0.15) is 0 Å². The number of ether oxygens (including phenoxy) is 1. The van der Waals surface area contributed by atoms with Gasteiger partial charge in [0.25, 0.3) is 12.3 Å². The third-order valence-corrected chi connectivity index (χ3v) is 7.45. The van der Waals surface area contributed by atoms with E-state index < -0.39 is 35.2 Å². The molecule has 5 rings (SSSR count). The van der Waals surface area contributed by atoms with Crippen molar-refractivity contribution in [2.75, 3.05) is 13.7 Å². The number of carbonyl (C=O) groups excluding carboxylic acids is 1. The van der Waals surface area contributed by atoms with E-state index >= 15 is 4.39 Å². The molecule has 3 N–H and O–H groups in total. The minimum atomic E-state index is -2.75. The number of hydrogen-bond acceptors (Lipinski definition) is 6. The highest BCUT2D eigenvalue weighted by atomic mass is 19.3. The smallest absolute Gasteiger partial charge is 0.265 e. The minimum Gasteiger partial charge on any atom is -0.494 e. The maximum Gasteiger partial charge on any atom is 0.265 e. The summed E-state index contributed by atoms with van der Waals surface area (Å²) in [6.45, 7) is 2.46. The molecule has 2 aromatic carbocycles. The fourth-order valence-corrected chi connectivity index (χ4v) is 4.96. The molecule has 0 bridgehead atoms. The third-order valence-electron chi connectivity index (χ3n) is 7.45. The molecule has 0 spiro atoms. The van der Waals surface area contributed by atoms with E-state index in [1.165, 1.54) is 57.4 Å². The summed E-state index contributed by atoms with van der Waals surface area (Å²) in [7, 11) is 1.37. The average Bonchev–Trinajstić information content (AvgIpc) is 3.81. The van der Waals surface area contributed by atoms with Gasteiger partial charge in [-0.25, -0.2) is 22.5 Å². The summed E-state index contributed by atoms with van der Waals surface area (Å²) < 4.78 is 61.1. The molecule has 1 amide bonds. The first-order chi connectivity index (χ1) is 19.8. The number of nitrogens with zero attached hydrogens (tertiary/aromatic N) is 2. The zero-order chi connectivity index (χ0) is 30.4. The fourth-order valence-electron chi connectivity index (χ4n) is 4.96. The number of benzene rings is 2. The second kappa shape index (κ2) is 11.0. The van der Waals surface area contributed by atoms with Crippen molar-refractivity contribution in [2.24, 2.45) is 5.92 Å². The van der Waals surface area contributed by atoms with Crippen LogP contribution in [-0.4, -0.2) is 39.7 Å². The number of carbonyl (C=O) groups is 1. The number of rotatable bonds is 9. The Bertz CT molecular complexity index is 1650. The van der Waals surface area contributed by atoms with Gasteiger partial charge in [-0.3, -0.25) is 9.78 Å². The quantitative estimate of drug-likeness (QED) is 0.216. The van der Waals surface area contributed by atoms with Crippen LogP contribution in [0.25, 0.3) is 22.2 Å². The summed E-state index contributed by atoms with van der Waals surface area (Å²) in [4.78, 5) is 21.8. The lowest BCUT2D eigenvalue weighted by Gasteiger charge is -2.31. The highest BCUT2D eigenvalue weighted by molar-refractivity contribution is 6.00. The van der Waals surface area contributed by atoms with Crippen molar-refractivity contribution in [1.82, 2.24) is 15.3 Å². The molecule has 0 radical (unpaired) electrons. The first kappa shape index (κ1) is 29.4. The van der Waals surface area contributed by atoms with Crippen molar-refractivity contribution in [2.45, 2.75) is 44.3 Å². The molecule has 11 heteroatoms. The molecule has 7 nitrogen and oxygen atoms in total. The van der Waals surface area contributed by atoms with E-state index in [4.69, 9.17) is 4.74 Å². The highest BCUT2D eigenvalue weighted by Gasteiger charge is 2.47. The topological polar surface area (TPSA) is 105 Å². The SMILES string of the molecule is COc1cc(C(=O)NC[C@](O)(c2cc(C(C)(C)O)c(F)c(-c3ccc(F)cc3)n2)C2CC2)cc2cc(C(F)F)cnc12. The Hall–Kier alpha value is -4.09. The first-order valence-corrected chi connectivity index (χ1v) is 13.3. The van der Waals surface area contributed by atoms with E-state index in [9.17, 15) is 28.2 Å². The molecular weight excluding hydrogens is 554 g/mol. The summed E-state index contributed by atoms with van der Waals surface area (Å²) in [6, 6.07) is 10.3. The van der Waals surface area contributed by atoms with E-state index in [1.807, 2.05) is 0 Å². The van der Waals surface area contributed by atoms with Crippen LogP contribution < -0.4 is 10.1 Å². The van der Waals surface area contributed by atoms with Crippen LogP contribution in [0.4, 0.5) is 17.6 Å². The number of pyridine rings is 2. The molecule has 1 fully saturated rings. The number of aromatic nitrogens is 2. The molecule has 2 heterocycles. The van der Waals surface area contributed by atoms with Crippen molar-refractivity contribution in [1.29, 1.82) is 0 Å². The summed E-state index contributed by atoms with van der Waals surface area (Å²) in [5, 5.41) is 25.6. The van der Waals surface area contributed by atoms with E-state index in [1.54, 1.807) is 0 Å². The van der Waals surface area contributed by atoms with Crippen LogP contribution in [0.1, 0.15) is 60.3 Å². The van der Waals surface area contributed by atoms with Gasteiger partial charge in [-0.15, -0.1) is 0 Å². The number of fused-ring (bicyclic) bond motifs is 1. The van der Waals surface area contributed by atoms with Crippen molar-refractivity contribution >= 4 is 16.8 Å². The Kier molecular flexibility index (Phi) is 7.67. The molecule has 0 saturated heterocycles. The second-order valence-corrected chi connectivity index (χ2v) is 11.0. The van der Waals surface area contributed by atoms with E-state index in [2.05, 4.69) is 15.3 Å². The third kappa shape index (κ3) is 5.66. The monoisotopic (exact) mass is 583 g/mol. The maximum absolute atomic E-state index is 15.6. The maximum atomic E-state index is 15.6. The van der Waals surface area contributed by atoms with Gasteiger partial charge in [0.15, 0.2) is 5.82 Å². The Balaban J connectivity index is 1.52. The molecule has 0 unspecified atom stereocenters. The highest BCUT2D eigenvalue weighted by Crippen LogP contribution is 2.46. The number of hydrogen-bond donors (Lipinski definition) is 3. The predicted octanol–water partition coefficient (Wildman–Crippen LogP) is 5.78. The Morgan fingerprint density at radius 1 is 1.10 bits per heavy atom. The summed E-state index contributed by atoms with van der Waals surface area (Å²) in [5.41, 5.74) is -3.37. The number of amides is 1. The van der Waals surface area contributed by atoms with Gasteiger partial charge in [-0.05, 0) is 81.1 Å². The number of alkyl halides is 2. The zero-order valence-corrected chi connectivity index (χ0v) is 23.1. The van der Waals surface area contributed by atoms with Crippen LogP contribution in [-0.2, 0) is 11.2 Å². The van der Waals surface area contributed by atoms with Gasteiger partial charge in [0.1, 0.15) is 28.4 Å². The first-order valence-electron chi connectivity index (χ1n) is 13.3. The molecule has 2 aromatic heterocycles. The van der Waals surface area contributed by atoms with Crippen molar-refractivity contribution in [3.63, 3.8) is 0 Å². The van der Waals surface area contributed by atoms with Crippen LogP contribution in [0.15, 0.2) is 54.7 Å². The predicted molar refractivity (Wildman–Crippen MR) is 147 cm³/mol.